The van der Waals surface area contributed by atoms with Crippen molar-refractivity contribution in [1.29, 1.82) is 0 Å². The third-order valence-corrected chi connectivity index (χ3v) is 15.8. The predicted octanol–water partition coefficient (Wildman–Crippen LogP) is 11.9. The molecule has 0 aromatic heterocycles. The van der Waals surface area contributed by atoms with Crippen molar-refractivity contribution in [3.05, 3.63) is 127 Å². The minimum Gasteiger partial charge on any atom is -0.357 e. The molecule has 3 aromatic carbocycles. The van der Waals surface area contributed by atoms with Crippen LogP contribution in [0.5, 0.6) is 0 Å². The topological polar surface area (TPSA) is 18.5 Å². The van der Waals surface area contributed by atoms with Crippen LogP contribution in [-0.2, 0) is 9.47 Å². The lowest BCUT2D eigenvalue weighted by Crippen LogP contribution is -2.04. The highest BCUT2D eigenvalue weighted by atomic mass is 16.5. The lowest BCUT2D eigenvalue weighted by molar-refractivity contribution is 0.0877. The fourth-order valence-electron chi connectivity index (χ4n) is 13.6. The van der Waals surface area contributed by atoms with Crippen molar-refractivity contribution >= 4 is 0 Å². The zero-order chi connectivity index (χ0) is 30.8. The van der Waals surface area contributed by atoms with Crippen molar-refractivity contribution in [2.75, 3.05) is 0 Å². The van der Waals surface area contributed by atoms with E-state index in [1.807, 2.05) is 0 Å². The second-order valence-electron chi connectivity index (χ2n) is 17.9. The Bertz CT molecular complexity index is 1730. The van der Waals surface area contributed by atoms with Crippen LogP contribution in [0, 0.1) is 0 Å². The van der Waals surface area contributed by atoms with E-state index in [4.69, 9.17) is 9.47 Å². The van der Waals surface area contributed by atoms with Gasteiger partial charge in [-0.2, -0.15) is 0 Å². The van der Waals surface area contributed by atoms with Crippen molar-refractivity contribution in [3.63, 3.8) is 0 Å². The molecule has 4 fully saturated rings. The van der Waals surface area contributed by atoms with Crippen LogP contribution >= 0.6 is 0 Å². The quantitative estimate of drug-likeness (QED) is 0.230. The summed E-state index contributed by atoms with van der Waals surface area (Å²) in [7, 11) is 0. The van der Waals surface area contributed by atoms with E-state index in [9.17, 15) is 0 Å². The first kappa shape index (κ1) is 26.9. The minimum atomic E-state index is 0.268. The Morgan fingerprint density at radius 2 is 0.458 bits per heavy atom. The molecule has 4 aliphatic heterocycles. The van der Waals surface area contributed by atoms with Crippen molar-refractivity contribution in [3.8, 4) is 0 Å². The first-order valence-corrected chi connectivity index (χ1v) is 19.9. The molecule has 0 N–H and O–H groups in total. The van der Waals surface area contributed by atoms with E-state index in [0.717, 1.165) is 47.3 Å². The fraction of sp³-hybridized carbons (Fsp3) is 0.522. The molecule has 15 rings (SSSR count). The van der Waals surface area contributed by atoms with Gasteiger partial charge in [0.15, 0.2) is 0 Å². The number of rotatable bonds is 0. The van der Waals surface area contributed by atoms with Crippen molar-refractivity contribution in [1.82, 2.24) is 0 Å². The van der Waals surface area contributed by atoms with Crippen LogP contribution in [-0.4, -0.2) is 0 Å². The largest absolute Gasteiger partial charge is 0.357 e. The summed E-state index contributed by atoms with van der Waals surface area (Å²) in [5.41, 5.74) is 19.5. The lowest BCUT2D eigenvalue weighted by atomic mass is 9.83. The second kappa shape index (κ2) is 9.43. The first-order valence-electron chi connectivity index (χ1n) is 19.9. The third-order valence-electron chi connectivity index (χ3n) is 15.8. The number of hydrogen-bond donors (Lipinski definition) is 0. The highest BCUT2D eigenvalue weighted by Crippen LogP contribution is 2.60. The zero-order valence-electron chi connectivity index (χ0n) is 28.0. The average molecular weight is 631 g/mol. The van der Waals surface area contributed by atoms with Crippen molar-refractivity contribution in [2.24, 2.45) is 0 Å². The first-order chi connectivity index (χ1) is 23.7. The molecule has 12 aliphatic rings. The lowest BCUT2D eigenvalue weighted by Gasteiger charge is -2.22. The Kier molecular flexibility index (Phi) is 5.28. The summed E-state index contributed by atoms with van der Waals surface area (Å²) in [5.74, 6) is 7.27. The highest BCUT2D eigenvalue weighted by Gasteiger charge is 2.44. The van der Waals surface area contributed by atoms with E-state index in [1.54, 1.807) is 44.5 Å². The van der Waals surface area contributed by atoms with Gasteiger partial charge in [-0.25, -0.2) is 0 Å². The van der Waals surface area contributed by atoms with Gasteiger partial charge in [-0.15, -0.1) is 0 Å². The van der Waals surface area contributed by atoms with Gasteiger partial charge < -0.3 is 9.47 Å². The van der Waals surface area contributed by atoms with E-state index in [1.165, 1.54) is 99.3 Å². The maximum atomic E-state index is 5.90. The summed E-state index contributed by atoms with van der Waals surface area (Å²) >= 11 is 0. The smallest absolute Gasteiger partial charge is 0.102 e. The molecule has 2 heteroatoms. The molecule has 48 heavy (non-hydrogen) atoms. The number of hydrogen-bond acceptors (Lipinski definition) is 2. The molecular weight excluding hydrogens is 585 g/mol. The number of fused-ring (bicyclic) bond motifs is 30. The molecule has 0 saturated heterocycles. The summed E-state index contributed by atoms with van der Waals surface area (Å²) in [6.07, 6.45) is 27.3. The second-order valence-corrected chi connectivity index (χ2v) is 17.9. The van der Waals surface area contributed by atoms with Gasteiger partial charge in [-0.1, -0.05) is 60.7 Å². The molecular formula is C46H46O2. The van der Waals surface area contributed by atoms with Gasteiger partial charge in [0.2, 0.25) is 0 Å². The van der Waals surface area contributed by atoms with E-state index in [-0.39, 0.29) is 24.4 Å². The predicted molar refractivity (Wildman–Crippen MR) is 188 cm³/mol. The van der Waals surface area contributed by atoms with Crippen LogP contribution in [0.1, 0.15) is 216 Å². The van der Waals surface area contributed by atoms with E-state index >= 15 is 0 Å². The molecule has 8 aliphatic carbocycles. The SMILES string of the molecule is C1=C[C@H]2O[C@@H]1c1cc3c(cc12)[C@@H]1CC[C@H]3C1.C1=C[C@H]2O[C@@H]1c1cc3c(cc12)[C@@H]1CC[C@H]3C1.c1c2c(cc3c1[C@@H]1CC[C@H]3C1)[C@H]1CC[C@@H]2C1. The van der Waals surface area contributed by atoms with E-state index < -0.39 is 0 Å². The number of ether oxygens (including phenoxy) is 2. The highest BCUT2D eigenvalue weighted by molar-refractivity contribution is 5.55. The van der Waals surface area contributed by atoms with Crippen LogP contribution in [0.25, 0.3) is 0 Å². The average Bonchev–Trinajstić information content (AvgIpc) is 3.99. The molecule has 12 bridgehead atoms. The molecule has 4 saturated carbocycles. The normalized spacial score (nSPS) is 40.8. The van der Waals surface area contributed by atoms with Crippen LogP contribution < -0.4 is 0 Å². The zero-order valence-corrected chi connectivity index (χ0v) is 28.0. The maximum Gasteiger partial charge on any atom is 0.102 e. The number of benzene rings is 3. The Morgan fingerprint density at radius 3 is 0.667 bits per heavy atom. The van der Waals surface area contributed by atoms with Crippen molar-refractivity contribution in [2.45, 2.75) is 149 Å². The summed E-state index contributed by atoms with van der Waals surface area (Å²) in [4.78, 5) is 0. The summed E-state index contributed by atoms with van der Waals surface area (Å²) < 4.78 is 11.8. The molecule has 0 amide bonds. The van der Waals surface area contributed by atoms with Gasteiger partial charge >= 0.3 is 0 Å². The Balaban J connectivity index is 0.0000000804. The van der Waals surface area contributed by atoms with Gasteiger partial charge in [0.1, 0.15) is 24.4 Å². The fourth-order valence-corrected chi connectivity index (χ4v) is 13.6. The maximum absolute atomic E-state index is 5.90. The Morgan fingerprint density at radius 1 is 0.271 bits per heavy atom. The van der Waals surface area contributed by atoms with Crippen molar-refractivity contribution < 1.29 is 9.47 Å². The van der Waals surface area contributed by atoms with E-state index in [0.29, 0.717) is 0 Å². The monoisotopic (exact) mass is 630 g/mol. The van der Waals surface area contributed by atoms with Crippen LogP contribution in [0.4, 0.5) is 0 Å². The van der Waals surface area contributed by atoms with E-state index in [2.05, 4.69) is 60.7 Å². The molecule has 12 atom stereocenters. The molecule has 2 nitrogen and oxygen atoms in total. The molecule has 0 unspecified atom stereocenters. The molecule has 242 valence electrons. The molecule has 3 aromatic rings. The van der Waals surface area contributed by atoms with Crippen LogP contribution in [0.3, 0.4) is 0 Å². The molecule has 0 radical (unpaired) electrons. The molecule has 4 heterocycles. The minimum absolute atomic E-state index is 0.268. The standard InChI is InChI=1S/C16H18.2C15H14O/c1-2-10-5-9(1)13-7-15-11-3-4-12(6-11)16(15)8-14(10)13;2*1-2-9-5-8(1)10-6-12-13(7-11(9)10)15-4-3-14(12)16-15/h7-12H,1-6H2;2*3-4,6-9,14-15H,1-2,5H2/t9-,10+,11-,12+;2*8-,9+,14-,15+. The summed E-state index contributed by atoms with van der Waals surface area (Å²) in [5, 5.41) is 0. The van der Waals surface area contributed by atoms with Gasteiger partial charge in [0.05, 0.1) is 0 Å². The Labute approximate surface area is 285 Å². The van der Waals surface area contributed by atoms with Gasteiger partial charge in [0, 0.05) is 0 Å². The van der Waals surface area contributed by atoms with Crippen LogP contribution in [0.15, 0.2) is 60.7 Å². The van der Waals surface area contributed by atoms with Gasteiger partial charge in [0.25, 0.3) is 0 Å². The summed E-state index contributed by atoms with van der Waals surface area (Å²) in [6.45, 7) is 0. The molecule has 0 spiro atoms. The summed E-state index contributed by atoms with van der Waals surface area (Å²) in [6, 6.07) is 15.1. The van der Waals surface area contributed by atoms with Gasteiger partial charge in [-0.3, -0.25) is 0 Å². The van der Waals surface area contributed by atoms with Gasteiger partial charge in [-0.05, 0) is 191 Å². The van der Waals surface area contributed by atoms with Crippen LogP contribution in [0.2, 0.25) is 0 Å². The Hall–Kier alpha value is -2.94. The third kappa shape index (κ3) is 3.52.